The number of nitrogens with one attached hydrogen (secondary N) is 1. The summed E-state index contributed by atoms with van der Waals surface area (Å²) in [7, 11) is 0. The summed E-state index contributed by atoms with van der Waals surface area (Å²) in [4.78, 5) is 40.6. The standard InChI is InChI=1S/C19H15N5O4S/c1-11(25)22-15-9-4-3-8-14(15)16-17(26)20-19(29-2)21-23(16)18(22)12-6-5-7-13(10-12)24(27)28/h3-10,18H,1-2H3/p+1/t18-/m0/s1. The minimum Gasteiger partial charge on any atom is -0.291 e. The van der Waals surface area contributed by atoms with Gasteiger partial charge in [-0.15, -0.1) is 0 Å². The van der Waals surface area contributed by atoms with Gasteiger partial charge in [0.25, 0.3) is 11.9 Å². The SMILES string of the molecule is CSc1n[n+]2c(c(=O)[nH]1)-c1ccccc1N(C(C)=O)[C@@H]2c1cccc([N+](=O)[O-])c1. The third-order valence-electron chi connectivity index (χ3n) is 4.67. The van der Waals surface area contributed by atoms with Gasteiger partial charge >= 0.3 is 11.3 Å². The van der Waals surface area contributed by atoms with Crippen molar-refractivity contribution in [3.05, 3.63) is 74.6 Å². The van der Waals surface area contributed by atoms with Crippen molar-refractivity contribution in [2.75, 3.05) is 11.2 Å². The number of hydrogen-bond acceptors (Lipinski definition) is 6. The predicted octanol–water partition coefficient (Wildman–Crippen LogP) is 2.27. The average molecular weight is 410 g/mol. The lowest BCUT2D eigenvalue weighted by molar-refractivity contribution is -0.763. The van der Waals surface area contributed by atoms with Crippen LogP contribution in [0.15, 0.2) is 58.5 Å². The van der Waals surface area contributed by atoms with Crippen LogP contribution in [0, 0.1) is 10.1 Å². The highest BCUT2D eigenvalue weighted by atomic mass is 32.2. The summed E-state index contributed by atoms with van der Waals surface area (Å²) in [6.45, 7) is 1.41. The Kier molecular flexibility index (Phi) is 4.63. The predicted molar refractivity (Wildman–Crippen MR) is 107 cm³/mol. The van der Waals surface area contributed by atoms with Gasteiger partial charge in [-0.25, -0.2) is 4.90 Å². The Balaban J connectivity index is 2.08. The van der Waals surface area contributed by atoms with Crippen molar-refractivity contribution in [1.29, 1.82) is 0 Å². The zero-order valence-electron chi connectivity index (χ0n) is 15.5. The Labute approximate surface area is 169 Å². The van der Waals surface area contributed by atoms with Gasteiger partial charge in [0.05, 0.1) is 21.7 Å². The van der Waals surface area contributed by atoms with E-state index in [0.29, 0.717) is 22.0 Å². The highest BCUT2D eigenvalue weighted by Gasteiger charge is 2.45. The lowest BCUT2D eigenvalue weighted by atomic mass is 10.0. The van der Waals surface area contributed by atoms with Crippen LogP contribution >= 0.6 is 11.8 Å². The number of carbonyl (C=O) groups is 1. The second-order valence-electron chi connectivity index (χ2n) is 6.39. The Hall–Kier alpha value is -3.53. The second-order valence-corrected chi connectivity index (χ2v) is 7.18. The molecule has 1 amide bonds. The summed E-state index contributed by atoms with van der Waals surface area (Å²) in [5.41, 5.74) is 1.40. The molecule has 0 radical (unpaired) electrons. The average Bonchev–Trinajstić information content (AvgIpc) is 2.72. The van der Waals surface area contributed by atoms with Crippen molar-refractivity contribution in [2.24, 2.45) is 0 Å². The lowest BCUT2D eigenvalue weighted by Gasteiger charge is -2.31. The van der Waals surface area contributed by atoms with Gasteiger partial charge in [-0.2, -0.15) is 0 Å². The number of H-pyrrole nitrogens is 1. The number of non-ortho nitro benzene ring substituents is 1. The maximum atomic E-state index is 12.9. The fraction of sp³-hybridized carbons (Fsp3) is 0.158. The molecule has 10 heteroatoms. The van der Waals surface area contributed by atoms with Crippen LogP contribution in [0.25, 0.3) is 11.3 Å². The Bertz CT molecular complexity index is 1210. The van der Waals surface area contributed by atoms with E-state index in [1.807, 2.05) is 0 Å². The Morgan fingerprint density at radius 3 is 2.72 bits per heavy atom. The zero-order chi connectivity index (χ0) is 20.7. The van der Waals surface area contributed by atoms with Gasteiger partial charge in [0.2, 0.25) is 11.1 Å². The molecule has 1 aliphatic heterocycles. The van der Waals surface area contributed by atoms with E-state index in [-0.39, 0.29) is 22.8 Å². The quantitative estimate of drug-likeness (QED) is 0.307. The van der Waals surface area contributed by atoms with Crippen molar-refractivity contribution >= 4 is 29.0 Å². The van der Waals surface area contributed by atoms with E-state index in [2.05, 4.69) is 10.1 Å². The summed E-state index contributed by atoms with van der Waals surface area (Å²) in [6.07, 6.45) is 0.929. The van der Waals surface area contributed by atoms with Gasteiger partial charge in [0.1, 0.15) is 0 Å². The van der Waals surface area contributed by atoms with Crippen LogP contribution in [0.3, 0.4) is 0 Å². The van der Waals surface area contributed by atoms with Crippen LogP contribution in [0.2, 0.25) is 0 Å². The number of carbonyl (C=O) groups excluding carboxylic acids is 1. The van der Waals surface area contributed by atoms with Crippen LogP contribution < -0.4 is 15.1 Å². The van der Waals surface area contributed by atoms with E-state index in [1.54, 1.807) is 42.7 Å². The number of nitrogens with zero attached hydrogens (tertiary/aromatic N) is 4. The molecule has 0 spiro atoms. The third kappa shape index (κ3) is 3.07. The van der Waals surface area contributed by atoms with Gasteiger partial charge in [-0.05, 0) is 29.1 Å². The molecular formula is C19H16N5O4S+. The molecule has 1 atom stereocenters. The maximum Gasteiger partial charge on any atom is 0.325 e. The van der Waals surface area contributed by atoms with Gasteiger partial charge in [-0.1, -0.05) is 30.0 Å². The first-order chi connectivity index (χ1) is 13.9. The number of nitro groups is 1. The number of rotatable bonds is 3. The lowest BCUT2D eigenvalue weighted by Crippen LogP contribution is -2.60. The molecular weight excluding hydrogens is 394 g/mol. The number of aromatic amines is 1. The van der Waals surface area contributed by atoms with E-state index in [0.717, 1.165) is 0 Å². The molecule has 0 fully saturated rings. The Morgan fingerprint density at radius 1 is 1.28 bits per heavy atom. The van der Waals surface area contributed by atoms with Gasteiger partial charge in [0.15, 0.2) is 0 Å². The number of benzene rings is 2. The van der Waals surface area contributed by atoms with Crippen molar-refractivity contribution in [2.45, 2.75) is 18.2 Å². The minimum atomic E-state index is -0.842. The molecule has 146 valence electrons. The van der Waals surface area contributed by atoms with Crippen LogP contribution in [0.4, 0.5) is 11.4 Å². The summed E-state index contributed by atoms with van der Waals surface area (Å²) in [5, 5.41) is 16.2. The molecule has 0 saturated carbocycles. The highest BCUT2D eigenvalue weighted by Crippen LogP contribution is 2.37. The molecule has 2 heterocycles. The molecule has 0 unspecified atom stereocenters. The second kappa shape index (κ2) is 7.13. The van der Waals surface area contributed by atoms with Crippen molar-refractivity contribution in [1.82, 2.24) is 10.1 Å². The first-order valence-corrected chi connectivity index (χ1v) is 9.88. The summed E-state index contributed by atoms with van der Waals surface area (Å²) in [6, 6.07) is 13.0. The molecule has 0 aliphatic carbocycles. The molecule has 0 saturated heterocycles. The van der Waals surface area contributed by atoms with Crippen LogP contribution in [-0.4, -0.2) is 27.2 Å². The van der Waals surface area contributed by atoms with Gasteiger partial charge in [0, 0.05) is 24.2 Å². The van der Waals surface area contributed by atoms with Crippen LogP contribution in [0.5, 0.6) is 0 Å². The molecule has 29 heavy (non-hydrogen) atoms. The van der Waals surface area contributed by atoms with Crippen LogP contribution in [0.1, 0.15) is 18.7 Å². The molecule has 1 aliphatic rings. The molecule has 9 nitrogen and oxygen atoms in total. The number of hydrogen-bond donors (Lipinski definition) is 1. The normalized spacial score (nSPS) is 14.8. The van der Waals surface area contributed by atoms with Crippen molar-refractivity contribution < 1.29 is 14.4 Å². The topological polar surface area (TPSA) is 113 Å². The van der Waals surface area contributed by atoms with E-state index < -0.39 is 11.1 Å². The largest absolute Gasteiger partial charge is 0.325 e. The number of aromatic nitrogens is 3. The van der Waals surface area contributed by atoms with E-state index in [4.69, 9.17) is 0 Å². The number of nitro benzene ring substituents is 1. The first-order valence-electron chi connectivity index (χ1n) is 8.66. The maximum absolute atomic E-state index is 12.9. The summed E-state index contributed by atoms with van der Waals surface area (Å²) >= 11 is 1.25. The van der Waals surface area contributed by atoms with Crippen LogP contribution in [-0.2, 0) is 4.79 Å². The molecule has 1 aromatic heterocycles. The Morgan fingerprint density at radius 2 is 2.03 bits per heavy atom. The van der Waals surface area contributed by atoms with E-state index >= 15 is 0 Å². The zero-order valence-corrected chi connectivity index (χ0v) is 16.3. The summed E-state index contributed by atoms with van der Waals surface area (Å²) < 4.78 is 1.47. The number of para-hydroxylation sites is 1. The van der Waals surface area contributed by atoms with E-state index in [1.165, 1.54) is 40.4 Å². The number of amides is 1. The molecule has 2 aromatic carbocycles. The number of fused-ring (bicyclic) bond motifs is 3. The fourth-order valence-electron chi connectivity index (χ4n) is 3.50. The minimum absolute atomic E-state index is 0.109. The van der Waals surface area contributed by atoms with Gasteiger partial charge < -0.3 is 0 Å². The first kappa shape index (κ1) is 18.8. The van der Waals surface area contributed by atoms with Crippen molar-refractivity contribution in [3.63, 3.8) is 0 Å². The molecule has 1 N–H and O–H groups in total. The van der Waals surface area contributed by atoms with E-state index in [9.17, 15) is 19.7 Å². The molecule has 4 rings (SSSR count). The monoisotopic (exact) mass is 410 g/mol. The fourth-order valence-corrected chi connectivity index (χ4v) is 3.87. The van der Waals surface area contributed by atoms with Crippen molar-refractivity contribution in [3.8, 4) is 11.3 Å². The summed E-state index contributed by atoms with van der Waals surface area (Å²) in [5.74, 6) is -0.278. The smallest absolute Gasteiger partial charge is 0.291 e. The molecule has 3 aromatic rings. The van der Waals surface area contributed by atoms with Gasteiger partial charge in [-0.3, -0.25) is 24.7 Å². The number of anilines is 1. The molecule has 0 bridgehead atoms. The highest BCUT2D eigenvalue weighted by molar-refractivity contribution is 7.98. The number of thioether (sulfide) groups is 1. The third-order valence-corrected chi connectivity index (χ3v) is 5.24.